The number of aromatic nitrogens is 2. The molecule has 1 aliphatic rings. The van der Waals surface area contributed by atoms with Gasteiger partial charge >= 0.3 is 0 Å². The minimum Gasteiger partial charge on any atom is -0.497 e. The summed E-state index contributed by atoms with van der Waals surface area (Å²) in [6.45, 7) is 2.84. The van der Waals surface area contributed by atoms with Crippen LogP contribution in [0.3, 0.4) is 0 Å². The van der Waals surface area contributed by atoms with Crippen LogP contribution in [0, 0.1) is 5.92 Å². The Kier molecular flexibility index (Phi) is 3.21. The molecule has 0 bridgehead atoms. The van der Waals surface area contributed by atoms with E-state index in [1.54, 1.807) is 13.4 Å². The minimum atomic E-state index is 0.702. The SMILES string of the molecule is COc1ccc2c(N3CC(CCN)C3)ncnc2c1. The van der Waals surface area contributed by atoms with Gasteiger partial charge in [-0.15, -0.1) is 0 Å². The van der Waals surface area contributed by atoms with E-state index in [-0.39, 0.29) is 0 Å². The lowest BCUT2D eigenvalue weighted by Crippen LogP contribution is -2.48. The molecule has 0 amide bonds. The van der Waals surface area contributed by atoms with Crippen LogP contribution in [0.2, 0.25) is 0 Å². The van der Waals surface area contributed by atoms with Gasteiger partial charge in [0.15, 0.2) is 0 Å². The zero-order valence-corrected chi connectivity index (χ0v) is 11.0. The van der Waals surface area contributed by atoms with Crippen LogP contribution in [0.4, 0.5) is 5.82 Å². The predicted molar refractivity (Wildman–Crippen MR) is 75.5 cm³/mol. The molecule has 1 aromatic carbocycles. The molecule has 100 valence electrons. The monoisotopic (exact) mass is 258 g/mol. The van der Waals surface area contributed by atoms with Gasteiger partial charge in [0.25, 0.3) is 0 Å². The first-order chi connectivity index (χ1) is 9.31. The van der Waals surface area contributed by atoms with E-state index in [2.05, 4.69) is 14.9 Å². The number of nitrogens with two attached hydrogens (primary N) is 1. The molecule has 2 heterocycles. The predicted octanol–water partition coefficient (Wildman–Crippen LogP) is 1.42. The zero-order valence-electron chi connectivity index (χ0n) is 11.0. The molecule has 1 aliphatic heterocycles. The molecule has 3 rings (SSSR count). The van der Waals surface area contributed by atoms with Crippen LogP contribution >= 0.6 is 0 Å². The summed E-state index contributed by atoms with van der Waals surface area (Å²) in [5.41, 5.74) is 6.51. The van der Waals surface area contributed by atoms with Gasteiger partial charge in [-0.1, -0.05) is 0 Å². The zero-order chi connectivity index (χ0) is 13.2. The number of ether oxygens (including phenoxy) is 1. The maximum atomic E-state index is 5.59. The number of fused-ring (bicyclic) bond motifs is 1. The average Bonchev–Trinajstić information content (AvgIpc) is 2.41. The number of rotatable bonds is 4. The number of anilines is 1. The normalized spacial score (nSPS) is 15.6. The molecular formula is C14H18N4O. The maximum absolute atomic E-state index is 5.59. The van der Waals surface area contributed by atoms with Gasteiger partial charge in [0.2, 0.25) is 0 Å². The van der Waals surface area contributed by atoms with E-state index in [1.807, 2.05) is 18.2 Å². The van der Waals surface area contributed by atoms with E-state index in [4.69, 9.17) is 10.5 Å². The minimum absolute atomic E-state index is 0.702. The number of hydrogen-bond acceptors (Lipinski definition) is 5. The van der Waals surface area contributed by atoms with E-state index in [9.17, 15) is 0 Å². The smallest absolute Gasteiger partial charge is 0.139 e. The molecule has 1 aromatic heterocycles. The van der Waals surface area contributed by atoms with Crippen LogP contribution in [0.1, 0.15) is 6.42 Å². The Morgan fingerprint density at radius 1 is 1.37 bits per heavy atom. The van der Waals surface area contributed by atoms with Crippen LogP contribution in [0.5, 0.6) is 5.75 Å². The van der Waals surface area contributed by atoms with Gasteiger partial charge in [-0.3, -0.25) is 0 Å². The summed E-state index contributed by atoms with van der Waals surface area (Å²) in [7, 11) is 1.66. The van der Waals surface area contributed by atoms with Crippen molar-refractivity contribution < 1.29 is 4.74 Å². The number of benzene rings is 1. The highest BCUT2D eigenvalue weighted by Crippen LogP contribution is 2.31. The molecule has 2 N–H and O–H groups in total. The van der Waals surface area contributed by atoms with Crippen molar-refractivity contribution in [3.8, 4) is 5.75 Å². The van der Waals surface area contributed by atoms with Crippen LogP contribution in [0.15, 0.2) is 24.5 Å². The van der Waals surface area contributed by atoms with Crippen molar-refractivity contribution in [1.29, 1.82) is 0 Å². The van der Waals surface area contributed by atoms with E-state index < -0.39 is 0 Å². The quantitative estimate of drug-likeness (QED) is 0.898. The second kappa shape index (κ2) is 5.01. The third kappa shape index (κ3) is 2.21. The summed E-state index contributed by atoms with van der Waals surface area (Å²) < 4.78 is 5.22. The Bertz CT molecular complexity index is 581. The standard InChI is InChI=1S/C14H18N4O/c1-19-11-2-3-12-13(6-11)16-9-17-14(12)18-7-10(8-18)4-5-15/h2-3,6,9-10H,4-5,7-8,15H2,1H3. The fourth-order valence-electron chi connectivity index (χ4n) is 2.56. The van der Waals surface area contributed by atoms with Crippen LogP contribution in [-0.2, 0) is 0 Å². The van der Waals surface area contributed by atoms with Gasteiger partial charge in [-0.25, -0.2) is 9.97 Å². The van der Waals surface area contributed by atoms with Crippen molar-refractivity contribution in [3.05, 3.63) is 24.5 Å². The van der Waals surface area contributed by atoms with E-state index in [1.165, 1.54) is 0 Å². The lowest BCUT2D eigenvalue weighted by molar-refractivity contribution is 0.387. The summed E-state index contributed by atoms with van der Waals surface area (Å²) in [4.78, 5) is 11.0. The Hall–Kier alpha value is -1.88. The summed E-state index contributed by atoms with van der Waals surface area (Å²) in [6.07, 6.45) is 2.71. The van der Waals surface area contributed by atoms with Crippen LogP contribution in [0.25, 0.3) is 10.9 Å². The van der Waals surface area contributed by atoms with Crippen LogP contribution in [-0.4, -0.2) is 36.7 Å². The molecule has 0 atom stereocenters. The Labute approximate surface area is 112 Å². The number of methoxy groups -OCH3 is 1. The molecular weight excluding hydrogens is 240 g/mol. The number of nitrogens with zero attached hydrogens (tertiary/aromatic N) is 3. The molecule has 2 aromatic rings. The number of hydrogen-bond donors (Lipinski definition) is 1. The second-order valence-electron chi connectivity index (χ2n) is 4.93. The fourth-order valence-corrected chi connectivity index (χ4v) is 2.56. The highest BCUT2D eigenvalue weighted by Gasteiger charge is 2.28. The van der Waals surface area contributed by atoms with Crippen molar-refractivity contribution in [2.45, 2.75) is 6.42 Å². The molecule has 1 fully saturated rings. The van der Waals surface area contributed by atoms with Crippen molar-refractivity contribution in [3.63, 3.8) is 0 Å². The third-order valence-electron chi connectivity index (χ3n) is 3.65. The van der Waals surface area contributed by atoms with Crippen molar-refractivity contribution in [2.75, 3.05) is 31.6 Å². The molecule has 5 nitrogen and oxygen atoms in total. The van der Waals surface area contributed by atoms with Gasteiger partial charge in [0, 0.05) is 24.5 Å². The summed E-state index contributed by atoms with van der Waals surface area (Å²) in [5.74, 6) is 2.54. The average molecular weight is 258 g/mol. The highest BCUT2D eigenvalue weighted by atomic mass is 16.5. The van der Waals surface area contributed by atoms with Gasteiger partial charge < -0.3 is 15.4 Å². The van der Waals surface area contributed by atoms with Crippen molar-refractivity contribution in [2.24, 2.45) is 11.7 Å². The molecule has 0 saturated carbocycles. The summed E-state index contributed by atoms with van der Waals surface area (Å²) in [5, 5.41) is 1.08. The molecule has 0 spiro atoms. The van der Waals surface area contributed by atoms with Crippen molar-refractivity contribution in [1.82, 2.24) is 9.97 Å². The first kappa shape index (κ1) is 12.2. The molecule has 0 radical (unpaired) electrons. The first-order valence-electron chi connectivity index (χ1n) is 6.55. The highest BCUT2D eigenvalue weighted by molar-refractivity contribution is 5.90. The van der Waals surface area contributed by atoms with Gasteiger partial charge in [-0.05, 0) is 31.0 Å². The lowest BCUT2D eigenvalue weighted by Gasteiger charge is -2.40. The maximum Gasteiger partial charge on any atom is 0.139 e. The largest absolute Gasteiger partial charge is 0.497 e. The Morgan fingerprint density at radius 2 is 2.21 bits per heavy atom. The molecule has 0 unspecified atom stereocenters. The van der Waals surface area contributed by atoms with Gasteiger partial charge in [0.05, 0.1) is 12.6 Å². The third-order valence-corrected chi connectivity index (χ3v) is 3.65. The van der Waals surface area contributed by atoms with Gasteiger partial charge in [0.1, 0.15) is 17.9 Å². The Morgan fingerprint density at radius 3 is 2.95 bits per heavy atom. The molecule has 19 heavy (non-hydrogen) atoms. The van der Waals surface area contributed by atoms with E-state index in [0.717, 1.165) is 48.5 Å². The topological polar surface area (TPSA) is 64.3 Å². The van der Waals surface area contributed by atoms with Crippen LogP contribution < -0.4 is 15.4 Å². The summed E-state index contributed by atoms with van der Waals surface area (Å²) in [6, 6.07) is 5.92. The molecule has 0 aliphatic carbocycles. The van der Waals surface area contributed by atoms with Crippen molar-refractivity contribution >= 4 is 16.7 Å². The summed E-state index contributed by atoms with van der Waals surface area (Å²) >= 11 is 0. The molecule has 1 saturated heterocycles. The van der Waals surface area contributed by atoms with E-state index in [0.29, 0.717) is 5.92 Å². The van der Waals surface area contributed by atoms with E-state index >= 15 is 0 Å². The van der Waals surface area contributed by atoms with Gasteiger partial charge in [-0.2, -0.15) is 0 Å². The second-order valence-corrected chi connectivity index (χ2v) is 4.93. The molecule has 5 heteroatoms. The first-order valence-corrected chi connectivity index (χ1v) is 6.55. The fraction of sp³-hybridized carbons (Fsp3) is 0.429. The lowest BCUT2D eigenvalue weighted by atomic mass is 9.96. The Balaban J connectivity index is 1.88.